The van der Waals surface area contributed by atoms with Gasteiger partial charge >= 0.3 is 11.9 Å². The Morgan fingerprint density at radius 2 is 1.61 bits per heavy atom. The van der Waals surface area contributed by atoms with Gasteiger partial charge in [-0.1, -0.05) is 34.1 Å². The van der Waals surface area contributed by atoms with Crippen LogP contribution in [0.1, 0.15) is 59.8 Å². The number of carbonyl (C=O) groups excluding carboxylic acids is 2. The van der Waals surface area contributed by atoms with E-state index in [-0.39, 0.29) is 24.3 Å². The summed E-state index contributed by atoms with van der Waals surface area (Å²) in [6, 6.07) is 0. The molecule has 2 rings (SSSR count). The zero-order valence-electron chi connectivity index (χ0n) is 15.0. The van der Waals surface area contributed by atoms with E-state index in [9.17, 15) is 9.59 Å². The van der Waals surface area contributed by atoms with Crippen molar-refractivity contribution in [2.24, 2.45) is 35.5 Å². The molecule has 0 aliphatic heterocycles. The topological polar surface area (TPSA) is 52.6 Å². The van der Waals surface area contributed by atoms with Gasteiger partial charge in [0.2, 0.25) is 0 Å². The van der Waals surface area contributed by atoms with Gasteiger partial charge in [-0.3, -0.25) is 9.59 Å². The number of ether oxygens (including phenoxy) is 2. The molecule has 4 unspecified atom stereocenters. The molecule has 4 nitrogen and oxygen atoms in total. The SMILES string of the molecule is CC(C)COC(=O)CC(C(=O)OCC(C)C)C1CC2CCC1C2. The largest absolute Gasteiger partial charge is 0.465 e. The van der Waals surface area contributed by atoms with Crippen molar-refractivity contribution in [3.05, 3.63) is 0 Å². The van der Waals surface area contributed by atoms with Gasteiger partial charge in [-0.25, -0.2) is 0 Å². The highest BCUT2D eigenvalue weighted by Crippen LogP contribution is 2.51. The minimum atomic E-state index is -0.316. The Labute approximate surface area is 140 Å². The van der Waals surface area contributed by atoms with Crippen LogP contribution >= 0.6 is 0 Å². The number of carbonyl (C=O) groups is 2. The summed E-state index contributed by atoms with van der Waals surface area (Å²) >= 11 is 0. The number of hydrogen-bond acceptors (Lipinski definition) is 4. The number of fused-ring (bicyclic) bond motifs is 2. The second-order valence-electron chi connectivity index (χ2n) is 8.25. The normalized spacial score (nSPS) is 27.5. The Kier molecular flexibility index (Phi) is 6.49. The molecule has 0 radical (unpaired) electrons. The van der Waals surface area contributed by atoms with Crippen LogP contribution in [0.2, 0.25) is 0 Å². The van der Waals surface area contributed by atoms with E-state index in [4.69, 9.17) is 9.47 Å². The van der Waals surface area contributed by atoms with E-state index in [1.807, 2.05) is 27.7 Å². The summed E-state index contributed by atoms with van der Waals surface area (Å²) in [6.45, 7) is 8.92. The number of hydrogen-bond donors (Lipinski definition) is 0. The van der Waals surface area contributed by atoms with Crippen molar-refractivity contribution >= 4 is 11.9 Å². The van der Waals surface area contributed by atoms with E-state index in [0.717, 1.165) is 12.3 Å². The van der Waals surface area contributed by atoms with Crippen LogP contribution in [0.3, 0.4) is 0 Å². The van der Waals surface area contributed by atoms with E-state index >= 15 is 0 Å². The predicted molar refractivity (Wildman–Crippen MR) is 88.6 cm³/mol. The van der Waals surface area contributed by atoms with Gasteiger partial charge in [0.25, 0.3) is 0 Å². The molecule has 0 spiro atoms. The van der Waals surface area contributed by atoms with Gasteiger partial charge in [-0.05, 0) is 48.9 Å². The molecule has 2 saturated carbocycles. The van der Waals surface area contributed by atoms with Gasteiger partial charge in [0.15, 0.2) is 0 Å². The third kappa shape index (κ3) is 5.22. The fraction of sp³-hybridized carbons (Fsp3) is 0.895. The minimum absolute atomic E-state index is 0.178. The molecule has 0 aromatic heterocycles. The van der Waals surface area contributed by atoms with Gasteiger partial charge in [0.1, 0.15) is 0 Å². The van der Waals surface area contributed by atoms with E-state index in [1.165, 1.54) is 19.3 Å². The quantitative estimate of drug-likeness (QED) is 0.637. The fourth-order valence-electron chi connectivity index (χ4n) is 4.05. The molecule has 2 bridgehead atoms. The first kappa shape index (κ1) is 18.3. The molecule has 23 heavy (non-hydrogen) atoms. The highest BCUT2D eigenvalue weighted by molar-refractivity contribution is 5.80. The Morgan fingerprint density at radius 3 is 2.13 bits per heavy atom. The zero-order chi connectivity index (χ0) is 17.0. The molecule has 132 valence electrons. The summed E-state index contributed by atoms with van der Waals surface area (Å²) in [4.78, 5) is 24.7. The summed E-state index contributed by atoms with van der Waals surface area (Å²) in [5.41, 5.74) is 0. The molecular weight excluding hydrogens is 292 g/mol. The third-order valence-corrected chi connectivity index (χ3v) is 5.14. The standard InChI is InChI=1S/C19H32O4/c1-12(2)10-22-18(20)9-17(19(21)23-11-13(3)4)16-8-14-5-6-15(16)7-14/h12-17H,5-11H2,1-4H3. The molecule has 0 amide bonds. The summed E-state index contributed by atoms with van der Waals surface area (Å²) in [5.74, 6) is 1.50. The molecule has 4 heteroatoms. The number of rotatable bonds is 8. The van der Waals surface area contributed by atoms with Crippen molar-refractivity contribution in [1.82, 2.24) is 0 Å². The van der Waals surface area contributed by atoms with Gasteiger partial charge < -0.3 is 9.47 Å². The lowest BCUT2D eigenvalue weighted by atomic mass is 9.78. The molecule has 0 aromatic carbocycles. The van der Waals surface area contributed by atoms with Crippen molar-refractivity contribution in [3.63, 3.8) is 0 Å². The summed E-state index contributed by atoms with van der Waals surface area (Å²) < 4.78 is 10.8. The van der Waals surface area contributed by atoms with Crippen molar-refractivity contribution in [3.8, 4) is 0 Å². The molecule has 0 heterocycles. The highest BCUT2D eigenvalue weighted by Gasteiger charge is 2.46. The van der Waals surface area contributed by atoms with Crippen LogP contribution in [0.15, 0.2) is 0 Å². The van der Waals surface area contributed by atoms with Crippen LogP contribution in [0.4, 0.5) is 0 Å². The molecule has 2 aliphatic rings. The van der Waals surface area contributed by atoms with Gasteiger partial charge in [-0.15, -0.1) is 0 Å². The Bertz CT molecular complexity index is 416. The minimum Gasteiger partial charge on any atom is -0.465 e. The Morgan fingerprint density at radius 1 is 0.957 bits per heavy atom. The van der Waals surface area contributed by atoms with Crippen LogP contribution in [0.25, 0.3) is 0 Å². The van der Waals surface area contributed by atoms with Gasteiger partial charge in [0.05, 0.1) is 25.6 Å². The van der Waals surface area contributed by atoms with Gasteiger partial charge in [-0.2, -0.15) is 0 Å². The summed E-state index contributed by atoms with van der Waals surface area (Å²) in [5, 5.41) is 0. The first-order valence-electron chi connectivity index (χ1n) is 9.19. The highest BCUT2D eigenvalue weighted by atomic mass is 16.5. The summed E-state index contributed by atoms with van der Waals surface area (Å²) in [7, 11) is 0. The first-order chi connectivity index (χ1) is 10.9. The van der Waals surface area contributed by atoms with Crippen LogP contribution in [0, 0.1) is 35.5 Å². The summed E-state index contributed by atoms with van der Waals surface area (Å²) in [6.07, 6.45) is 4.96. The zero-order valence-corrected chi connectivity index (χ0v) is 15.0. The maximum absolute atomic E-state index is 12.6. The van der Waals surface area contributed by atoms with Crippen molar-refractivity contribution in [2.75, 3.05) is 13.2 Å². The van der Waals surface area contributed by atoms with Crippen molar-refractivity contribution in [2.45, 2.75) is 59.8 Å². The lowest BCUT2D eigenvalue weighted by molar-refractivity contribution is -0.159. The first-order valence-corrected chi connectivity index (χ1v) is 9.19. The maximum Gasteiger partial charge on any atom is 0.309 e. The molecule has 2 fully saturated rings. The van der Waals surface area contributed by atoms with E-state index in [2.05, 4.69) is 0 Å². The van der Waals surface area contributed by atoms with Crippen LogP contribution in [0.5, 0.6) is 0 Å². The maximum atomic E-state index is 12.6. The Hall–Kier alpha value is -1.06. The fourth-order valence-corrected chi connectivity index (χ4v) is 4.05. The molecule has 0 saturated heterocycles. The lowest BCUT2D eigenvalue weighted by Gasteiger charge is -2.28. The lowest BCUT2D eigenvalue weighted by Crippen LogP contribution is -2.32. The number of esters is 2. The second kappa shape index (κ2) is 8.16. The van der Waals surface area contributed by atoms with Crippen LogP contribution in [-0.4, -0.2) is 25.2 Å². The molecule has 0 aromatic rings. The second-order valence-corrected chi connectivity index (χ2v) is 8.25. The molecular formula is C19H32O4. The average Bonchev–Trinajstić information content (AvgIpc) is 3.10. The van der Waals surface area contributed by atoms with E-state index in [0.29, 0.717) is 36.9 Å². The van der Waals surface area contributed by atoms with Crippen LogP contribution < -0.4 is 0 Å². The average molecular weight is 324 g/mol. The molecule has 0 N–H and O–H groups in total. The van der Waals surface area contributed by atoms with Gasteiger partial charge in [0, 0.05) is 0 Å². The van der Waals surface area contributed by atoms with Crippen LogP contribution in [-0.2, 0) is 19.1 Å². The van der Waals surface area contributed by atoms with E-state index < -0.39 is 0 Å². The van der Waals surface area contributed by atoms with Crippen molar-refractivity contribution < 1.29 is 19.1 Å². The monoisotopic (exact) mass is 324 g/mol. The third-order valence-electron chi connectivity index (χ3n) is 5.14. The molecule has 4 atom stereocenters. The smallest absolute Gasteiger partial charge is 0.309 e. The predicted octanol–water partition coefficient (Wildman–Crippen LogP) is 3.83. The van der Waals surface area contributed by atoms with E-state index in [1.54, 1.807) is 0 Å². The van der Waals surface area contributed by atoms with Crippen molar-refractivity contribution in [1.29, 1.82) is 0 Å². The Balaban J connectivity index is 1.96. The molecule has 2 aliphatic carbocycles.